The van der Waals surface area contributed by atoms with Crippen molar-refractivity contribution in [3.63, 3.8) is 0 Å². The lowest BCUT2D eigenvalue weighted by Gasteiger charge is -2.05. The van der Waals surface area contributed by atoms with Gasteiger partial charge in [-0.3, -0.25) is 4.79 Å². The number of ether oxygens (including phenoxy) is 1. The number of benzene rings is 1. The van der Waals surface area contributed by atoms with E-state index in [0.717, 1.165) is 5.56 Å². The minimum absolute atomic E-state index is 0.160. The molecule has 0 radical (unpaired) electrons. The van der Waals surface area contributed by atoms with Gasteiger partial charge in [-0.1, -0.05) is 12.1 Å². The van der Waals surface area contributed by atoms with Gasteiger partial charge in [0.25, 0.3) is 0 Å². The Kier molecular flexibility index (Phi) is 4.60. The first-order chi connectivity index (χ1) is 9.67. The summed E-state index contributed by atoms with van der Waals surface area (Å²) in [6.45, 7) is 2.32. The lowest BCUT2D eigenvalue weighted by atomic mass is 10.1. The Balaban J connectivity index is 1.92. The first-order valence-corrected chi connectivity index (χ1v) is 6.16. The van der Waals surface area contributed by atoms with Crippen LogP contribution >= 0.6 is 0 Å². The first kappa shape index (κ1) is 13.9. The van der Waals surface area contributed by atoms with Crippen LogP contribution < -0.4 is 10.1 Å². The Morgan fingerprint density at radius 3 is 2.50 bits per heavy atom. The molecule has 1 aromatic heterocycles. The molecule has 1 aromatic carbocycles. The summed E-state index contributed by atoms with van der Waals surface area (Å²) in [5.41, 5.74) is 1.22. The Morgan fingerprint density at radius 2 is 1.90 bits per heavy atom. The van der Waals surface area contributed by atoms with Crippen LogP contribution in [-0.4, -0.2) is 22.5 Å². The van der Waals surface area contributed by atoms with Gasteiger partial charge in [0.15, 0.2) is 0 Å². The van der Waals surface area contributed by atoms with E-state index >= 15 is 0 Å². The minimum atomic E-state index is -0.325. The highest BCUT2D eigenvalue weighted by Gasteiger charge is 2.05. The van der Waals surface area contributed by atoms with Gasteiger partial charge in [0, 0.05) is 0 Å². The molecule has 1 N–H and O–H groups in total. The summed E-state index contributed by atoms with van der Waals surface area (Å²) >= 11 is 0. The quantitative estimate of drug-likeness (QED) is 0.908. The lowest BCUT2D eigenvalue weighted by molar-refractivity contribution is -0.115. The van der Waals surface area contributed by atoms with Crippen molar-refractivity contribution < 1.29 is 13.9 Å². The molecule has 0 bridgehead atoms. The summed E-state index contributed by atoms with van der Waals surface area (Å²) < 4.78 is 17.8. The van der Waals surface area contributed by atoms with E-state index in [-0.39, 0.29) is 24.2 Å². The summed E-state index contributed by atoms with van der Waals surface area (Å²) in [7, 11) is 0. The molecule has 6 heteroatoms. The van der Waals surface area contributed by atoms with E-state index in [1.165, 1.54) is 24.5 Å². The van der Waals surface area contributed by atoms with Gasteiger partial charge < -0.3 is 10.1 Å². The van der Waals surface area contributed by atoms with E-state index in [1.54, 1.807) is 12.1 Å². The fourth-order valence-corrected chi connectivity index (χ4v) is 1.58. The second kappa shape index (κ2) is 6.60. The van der Waals surface area contributed by atoms with E-state index in [1.807, 2.05) is 6.92 Å². The van der Waals surface area contributed by atoms with Crippen LogP contribution in [0.5, 0.6) is 6.01 Å². The maximum absolute atomic E-state index is 12.7. The second-order valence-electron chi connectivity index (χ2n) is 4.04. The molecule has 1 amide bonds. The molecule has 20 heavy (non-hydrogen) atoms. The number of anilines is 1. The SMILES string of the molecule is CCOc1ncc(NC(=O)Cc2ccc(F)cc2)cn1. The average molecular weight is 275 g/mol. The molecule has 0 atom stereocenters. The number of aromatic nitrogens is 2. The van der Waals surface area contributed by atoms with Crippen LogP contribution in [0.15, 0.2) is 36.7 Å². The number of carbonyl (C=O) groups is 1. The summed E-state index contributed by atoms with van der Waals surface area (Å²) in [4.78, 5) is 19.7. The molecule has 2 rings (SSSR count). The van der Waals surface area contributed by atoms with Crippen molar-refractivity contribution in [2.24, 2.45) is 0 Å². The zero-order chi connectivity index (χ0) is 14.4. The van der Waals surface area contributed by atoms with E-state index < -0.39 is 0 Å². The largest absolute Gasteiger partial charge is 0.464 e. The molecule has 0 aliphatic carbocycles. The third-order valence-corrected chi connectivity index (χ3v) is 2.46. The number of hydrogen-bond acceptors (Lipinski definition) is 4. The minimum Gasteiger partial charge on any atom is -0.464 e. The molecule has 0 spiro atoms. The smallest absolute Gasteiger partial charge is 0.316 e. The van der Waals surface area contributed by atoms with Crippen LogP contribution in [0.4, 0.5) is 10.1 Å². The van der Waals surface area contributed by atoms with Gasteiger partial charge in [0.2, 0.25) is 5.91 Å². The van der Waals surface area contributed by atoms with Gasteiger partial charge in [-0.15, -0.1) is 0 Å². The molecule has 0 saturated carbocycles. The first-order valence-electron chi connectivity index (χ1n) is 6.16. The third kappa shape index (κ3) is 4.01. The topological polar surface area (TPSA) is 64.1 Å². The van der Waals surface area contributed by atoms with E-state index in [9.17, 15) is 9.18 Å². The molecular weight excluding hydrogens is 261 g/mol. The summed E-state index contributed by atoms with van der Waals surface area (Å²) in [6.07, 6.45) is 3.11. The zero-order valence-corrected chi connectivity index (χ0v) is 11.0. The Labute approximate surface area is 115 Å². The predicted octanol–water partition coefficient (Wildman–Crippen LogP) is 2.20. The van der Waals surface area contributed by atoms with Crippen molar-refractivity contribution >= 4 is 11.6 Å². The predicted molar refractivity (Wildman–Crippen MR) is 71.9 cm³/mol. The Hall–Kier alpha value is -2.50. The highest BCUT2D eigenvalue weighted by Crippen LogP contribution is 2.09. The highest BCUT2D eigenvalue weighted by molar-refractivity contribution is 5.91. The van der Waals surface area contributed by atoms with Crippen molar-refractivity contribution in [1.82, 2.24) is 9.97 Å². The molecule has 0 unspecified atom stereocenters. The molecule has 0 fully saturated rings. The number of halogens is 1. The van der Waals surface area contributed by atoms with E-state index in [4.69, 9.17) is 4.74 Å². The monoisotopic (exact) mass is 275 g/mol. The Bertz CT molecular complexity index is 570. The van der Waals surface area contributed by atoms with Crippen LogP contribution in [0.2, 0.25) is 0 Å². The molecule has 5 nitrogen and oxygen atoms in total. The average Bonchev–Trinajstić information content (AvgIpc) is 2.44. The van der Waals surface area contributed by atoms with Gasteiger partial charge in [-0.25, -0.2) is 14.4 Å². The maximum Gasteiger partial charge on any atom is 0.316 e. The summed E-state index contributed by atoms with van der Waals surface area (Å²) in [5.74, 6) is -0.543. The number of nitrogens with zero attached hydrogens (tertiary/aromatic N) is 2. The van der Waals surface area contributed by atoms with Crippen LogP contribution in [0.1, 0.15) is 12.5 Å². The molecule has 0 aliphatic heterocycles. The van der Waals surface area contributed by atoms with E-state index in [0.29, 0.717) is 12.3 Å². The molecule has 0 saturated heterocycles. The lowest BCUT2D eigenvalue weighted by Crippen LogP contribution is -2.14. The summed E-state index contributed by atoms with van der Waals surface area (Å²) in [5, 5.41) is 2.66. The number of hydrogen-bond donors (Lipinski definition) is 1. The van der Waals surface area contributed by atoms with Gasteiger partial charge >= 0.3 is 6.01 Å². The maximum atomic E-state index is 12.7. The number of amides is 1. The van der Waals surface area contributed by atoms with Gasteiger partial charge in [0.05, 0.1) is 31.1 Å². The standard InChI is InChI=1S/C14H14FN3O2/c1-2-20-14-16-8-12(9-17-14)18-13(19)7-10-3-5-11(15)6-4-10/h3-6,8-9H,2,7H2,1H3,(H,18,19). The van der Waals surface area contributed by atoms with Crippen molar-refractivity contribution in [3.05, 3.63) is 48.0 Å². The molecule has 2 aromatic rings. The second-order valence-corrected chi connectivity index (χ2v) is 4.04. The van der Waals surface area contributed by atoms with Crippen molar-refractivity contribution in [2.75, 3.05) is 11.9 Å². The normalized spacial score (nSPS) is 10.1. The van der Waals surface area contributed by atoms with Gasteiger partial charge in [-0.2, -0.15) is 0 Å². The Morgan fingerprint density at radius 1 is 1.25 bits per heavy atom. The fourth-order valence-electron chi connectivity index (χ4n) is 1.58. The van der Waals surface area contributed by atoms with Crippen LogP contribution in [0.25, 0.3) is 0 Å². The molecule has 0 aliphatic rings. The van der Waals surface area contributed by atoms with Gasteiger partial charge in [0.1, 0.15) is 5.82 Å². The van der Waals surface area contributed by atoms with Crippen LogP contribution in [-0.2, 0) is 11.2 Å². The molecular formula is C14H14FN3O2. The van der Waals surface area contributed by atoms with Crippen molar-refractivity contribution in [3.8, 4) is 6.01 Å². The van der Waals surface area contributed by atoms with E-state index in [2.05, 4.69) is 15.3 Å². The molecule has 104 valence electrons. The highest BCUT2D eigenvalue weighted by atomic mass is 19.1. The van der Waals surface area contributed by atoms with Crippen molar-refractivity contribution in [2.45, 2.75) is 13.3 Å². The zero-order valence-electron chi connectivity index (χ0n) is 11.0. The summed E-state index contributed by atoms with van der Waals surface area (Å²) in [6, 6.07) is 6.06. The molecule has 1 heterocycles. The number of nitrogens with one attached hydrogen (secondary N) is 1. The van der Waals surface area contributed by atoms with Crippen LogP contribution in [0, 0.1) is 5.82 Å². The van der Waals surface area contributed by atoms with Crippen LogP contribution in [0.3, 0.4) is 0 Å². The number of carbonyl (C=O) groups excluding carboxylic acids is 1. The van der Waals surface area contributed by atoms with Gasteiger partial charge in [-0.05, 0) is 24.6 Å². The number of rotatable bonds is 5. The fraction of sp³-hybridized carbons (Fsp3) is 0.214. The third-order valence-electron chi connectivity index (χ3n) is 2.46. The van der Waals surface area contributed by atoms with Crippen molar-refractivity contribution in [1.29, 1.82) is 0 Å².